The molecule has 0 aliphatic rings. The monoisotopic (exact) mass is 363 g/mol. The van der Waals surface area contributed by atoms with Crippen molar-refractivity contribution in [1.29, 1.82) is 0 Å². The number of thiazole rings is 1. The molecule has 0 spiro atoms. The molecule has 0 aliphatic carbocycles. The number of nitrogens with zero attached hydrogens (tertiary/aromatic N) is 3. The molecule has 0 aliphatic heterocycles. The maximum atomic E-state index is 11.8. The molecule has 2 aromatic heterocycles. The van der Waals surface area contributed by atoms with Crippen molar-refractivity contribution >= 4 is 23.2 Å². The number of furan rings is 1. The van der Waals surface area contributed by atoms with E-state index in [9.17, 15) is 4.79 Å². The predicted octanol–water partition coefficient (Wildman–Crippen LogP) is 1.66. The summed E-state index contributed by atoms with van der Waals surface area (Å²) < 4.78 is 5.32. The average molecular weight is 363 g/mol. The molecule has 0 unspecified atom stereocenters. The number of hydrogen-bond acceptors (Lipinski definition) is 5. The maximum absolute atomic E-state index is 11.8. The van der Waals surface area contributed by atoms with Crippen LogP contribution >= 0.6 is 11.3 Å². The van der Waals surface area contributed by atoms with E-state index in [2.05, 4.69) is 27.5 Å². The minimum absolute atomic E-state index is 0.0466. The third-order valence-corrected chi connectivity index (χ3v) is 4.61. The third kappa shape index (κ3) is 6.58. The maximum Gasteiger partial charge on any atom is 0.243 e. The summed E-state index contributed by atoms with van der Waals surface area (Å²) in [5.41, 5.74) is 0. The molecule has 0 aromatic carbocycles. The number of aromatic nitrogens is 1. The van der Waals surface area contributed by atoms with Crippen LogP contribution in [0.4, 0.5) is 0 Å². The van der Waals surface area contributed by atoms with Crippen molar-refractivity contribution in [2.24, 2.45) is 4.99 Å². The molecule has 2 heterocycles. The van der Waals surface area contributed by atoms with E-state index in [1.807, 2.05) is 18.3 Å². The highest BCUT2D eigenvalue weighted by molar-refractivity contribution is 7.11. The fourth-order valence-corrected chi connectivity index (χ4v) is 2.78. The van der Waals surface area contributed by atoms with Crippen LogP contribution in [-0.2, 0) is 24.2 Å². The van der Waals surface area contributed by atoms with Crippen molar-refractivity contribution in [2.45, 2.75) is 26.3 Å². The summed E-state index contributed by atoms with van der Waals surface area (Å²) in [4.78, 5) is 23.3. The van der Waals surface area contributed by atoms with E-state index in [-0.39, 0.29) is 12.5 Å². The zero-order valence-electron chi connectivity index (χ0n) is 14.9. The molecule has 2 aromatic rings. The van der Waals surface area contributed by atoms with Crippen molar-refractivity contribution in [2.75, 3.05) is 27.2 Å². The Labute approximate surface area is 152 Å². The molecule has 2 rings (SSSR count). The standard InChI is InChI=1S/C17H25N5O2S/c1-4-14-10-19-15(25-14)11-20-17(21-12-16(23)22(2)3)18-8-7-13-6-5-9-24-13/h5-6,9-10H,4,7-8,11-12H2,1-3H3,(H2,18,20,21). The SMILES string of the molecule is CCc1cnc(CNC(=NCC(=O)N(C)C)NCCc2ccco2)s1. The van der Waals surface area contributed by atoms with E-state index in [0.717, 1.165) is 23.6 Å². The van der Waals surface area contributed by atoms with E-state index < -0.39 is 0 Å². The van der Waals surface area contributed by atoms with Gasteiger partial charge in [-0.05, 0) is 18.6 Å². The molecular weight excluding hydrogens is 338 g/mol. The largest absolute Gasteiger partial charge is 0.469 e. The van der Waals surface area contributed by atoms with Crippen LogP contribution in [0.15, 0.2) is 34.0 Å². The lowest BCUT2D eigenvalue weighted by molar-refractivity contribution is -0.127. The minimum Gasteiger partial charge on any atom is -0.469 e. The summed E-state index contributed by atoms with van der Waals surface area (Å²) in [6.07, 6.45) is 5.29. The van der Waals surface area contributed by atoms with Gasteiger partial charge < -0.3 is 20.0 Å². The Morgan fingerprint density at radius 3 is 2.88 bits per heavy atom. The van der Waals surface area contributed by atoms with Gasteiger partial charge in [-0.2, -0.15) is 0 Å². The first-order valence-corrected chi connectivity index (χ1v) is 9.08. The van der Waals surface area contributed by atoms with Gasteiger partial charge in [0.05, 0.1) is 12.8 Å². The van der Waals surface area contributed by atoms with Crippen LogP contribution in [0.1, 0.15) is 22.6 Å². The molecule has 8 heteroatoms. The highest BCUT2D eigenvalue weighted by Gasteiger charge is 2.06. The van der Waals surface area contributed by atoms with Gasteiger partial charge in [-0.25, -0.2) is 9.98 Å². The van der Waals surface area contributed by atoms with E-state index in [1.54, 1.807) is 31.7 Å². The van der Waals surface area contributed by atoms with Crippen LogP contribution in [0.25, 0.3) is 0 Å². The normalized spacial score (nSPS) is 11.4. The second-order valence-corrected chi connectivity index (χ2v) is 6.84. The van der Waals surface area contributed by atoms with Gasteiger partial charge in [0.15, 0.2) is 5.96 Å². The lowest BCUT2D eigenvalue weighted by Gasteiger charge is -2.12. The number of guanidine groups is 1. The summed E-state index contributed by atoms with van der Waals surface area (Å²) in [6.45, 7) is 3.45. The van der Waals surface area contributed by atoms with Crippen molar-refractivity contribution in [1.82, 2.24) is 20.5 Å². The number of rotatable bonds is 8. The van der Waals surface area contributed by atoms with E-state index in [4.69, 9.17) is 4.42 Å². The number of likely N-dealkylation sites (N-methyl/N-ethyl adjacent to an activating group) is 1. The van der Waals surface area contributed by atoms with E-state index in [1.165, 1.54) is 9.78 Å². The van der Waals surface area contributed by atoms with Gasteiger partial charge in [0.2, 0.25) is 5.91 Å². The summed E-state index contributed by atoms with van der Waals surface area (Å²) in [6, 6.07) is 3.80. The Hall–Kier alpha value is -2.35. The van der Waals surface area contributed by atoms with Crippen molar-refractivity contribution in [3.63, 3.8) is 0 Å². The van der Waals surface area contributed by atoms with Crippen LogP contribution in [0.2, 0.25) is 0 Å². The van der Waals surface area contributed by atoms with Gasteiger partial charge in [0, 0.05) is 38.1 Å². The van der Waals surface area contributed by atoms with Crippen molar-refractivity contribution in [3.05, 3.63) is 40.2 Å². The smallest absolute Gasteiger partial charge is 0.243 e. The molecular formula is C17H25N5O2S. The molecule has 136 valence electrons. The van der Waals surface area contributed by atoms with Crippen LogP contribution < -0.4 is 10.6 Å². The van der Waals surface area contributed by atoms with Crippen LogP contribution in [0, 0.1) is 0 Å². The van der Waals surface area contributed by atoms with Gasteiger partial charge in [0.25, 0.3) is 0 Å². The highest BCUT2D eigenvalue weighted by Crippen LogP contribution is 2.12. The van der Waals surface area contributed by atoms with Crippen molar-refractivity contribution < 1.29 is 9.21 Å². The lowest BCUT2D eigenvalue weighted by atomic mass is 10.3. The second-order valence-electron chi connectivity index (χ2n) is 5.64. The molecule has 0 saturated heterocycles. The Balaban J connectivity index is 1.90. The number of aliphatic imine (C=N–C) groups is 1. The molecule has 0 radical (unpaired) electrons. The van der Waals surface area contributed by atoms with E-state index >= 15 is 0 Å². The Morgan fingerprint density at radius 1 is 1.40 bits per heavy atom. The second kappa shape index (κ2) is 9.83. The topological polar surface area (TPSA) is 82.8 Å². The van der Waals surface area contributed by atoms with Crippen LogP contribution in [-0.4, -0.2) is 48.9 Å². The predicted molar refractivity (Wildman–Crippen MR) is 99.7 cm³/mol. The molecule has 7 nitrogen and oxygen atoms in total. The van der Waals surface area contributed by atoms with Crippen LogP contribution in [0.3, 0.4) is 0 Å². The van der Waals surface area contributed by atoms with Gasteiger partial charge in [-0.15, -0.1) is 11.3 Å². The zero-order valence-corrected chi connectivity index (χ0v) is 15.7. The lowest BCUT2D eigenvalue weighted by Crippen LogP contribution is -2.39. The summed E-state index contributed by atoms with van der Waals surface area (Å²) >= 11 is 1.68. The number of amides is 1. The Morgan fingerprint density at radius 2 is 2.24 bits per heavy atom. The van der Waals surface area contributed by atoms with Crippen LogP contribution in [0.5, 0.6) is 0 Å². The first-order valence-electron chi connectivity index (χ1n) is 8.26. The van der Waals surface area contributed by atoms with Gasteiger partial charge in [-0.3, -0.25) is 4.79 Å². The summed E-state index contributed by atoms with van der Waals surface area (Å²) in [7, 11) is 3.44. The first-order chi connectivity index (χ1) is 12.1. The molecule has 0 fully saturated rings. The number of carbonyl (C=O) groups excluding carboxylic acids is 1. The van der Waals surface area contributed by atoms with Crippen molar-refractivity contribution in [3.8, 4) is 0 Å². The fraction of sp³-hybridized carbons (Fsp3) is 0.471. The highest BCUT2D eigenvalue weighted by atomic mass is 32.1. The van der Waals surface area contributed by atoms with E-state index in [0.29, 0.717) is 19.0 Å². The fourth-order valence-electron chi connectivity index (χ4n) is 1.97. The quantitative estimate of drug-likeness (QED) is 0.551. The first kappa shape index (κ1) is 19.0. The molecule has 1 amide bonds. The molecule has 0 saturated carbocycles. The van der Waals surface area contributed by atoms with Gasteiger partial charge in [0.1, 0.15) is 17.3 Å². The van der Waals surface area contributed by atoms with Gasteiger partial charge in [-0.1, -0.05) is 6.92 Å². The number of carbonyl (C=O) groups is 1. The molecule has 0 atom stereocenters. The molecule has 0 bridgehead atoms. The molecule has 25 heavy (non-hydrogen) atoms. The minimum atomic E-state index is -0.0466. The third-order valence-electron chi connectivity index (χ3n) is 3.47. The summed E-state index contributed by atoms with van der Waals surface area (Å²) in [5, 5.41) is 7.46. The number of nitrogens with one attached hydrogen (secondary N) is 2. The summed E-state index contributed by atoms with van der Waals surface area (Å²) in [5.74, 6) is 1.45. The molecule has 2 N–H and O–H groups in total. The average Bonchev–Trinajstić information content (AvgIpc) is 3.27. The Kier molecular flexibility index (Phi) is 7.46. The number of aryl methyl sites for hydroxylation is 1. The Bertz CT molecular complexity index is 679. The number of hydrogen-bond donors (Lipinski definition) is 2. The van der Waals surface area contributed by atoms with Gasteiger partial charge >= 0.3 is 0 Å². The zero-order chi connectivity index (χ0) is 18.1.